The normalized spacial score (nSPS) is 17.8. The quantitative estimate of drug-likeness (QED) is 0.391. The third kappa shape index (κ3) is 4.51. The van der Waals surface area contributed by atoms with Crippen molar-refractivity contribution in [3.05, 3.63) is 82.8 Å². The second-order valence-electron chi connectivity index (χ2n) is 9.82. The number of hydrogen-bond acceptors (Lipinski definition) is 5. The van der Waals surface area contributed by atoms with Gasteiger partial charge < -0.3 is 10.2 Å². The molecule has 7 heteroatoms. The number of rotatable bonds is 5. The second kappa shape index (κ2) is 9.47. The highest BCUT2D eigenvalue weighted by atomic mass is 32.1. The van der Waals surface area contributed by atoms with Crippen molar-refractivity contribution in [2.45, 2.75) is 44.6 Å². The summed E-state index contributed by atoms with van der Waals surface area (Å²) in [7, 11) is 0. The van der Waals surface area contributed by atoms with Crippen LogP contribution in [0.25, 0.3) is 21.2 Å². The highest BCUT2D eigenvalue weighted by molar-refractivity contribution is 7.15. The molecule has 36 heavy (non-hydrogen) atoms. The first-order valence-corrected chi connectivity index (χ1v) is 13.4. The lowest BCUT2D eigenvalue weighted by Crippen LogP contribution is -2.49. The molecule has 1 saturated heterocycles. The van der Waals surface area contributed by atoms with E-state index in [0.717, 1.165) is 57.5 Å². The summed E-state index contributed by atoms with van der Waals surface area (Å²) < 4.78 is 0. The van der Waals surface area contributed by atoms with Gasteiger partial charge in [0.15, 0.2) is 0 Å². The van der Waals surface area contributed by atoms with Crippen molar-refractivity contribution in [3.63, 3.8) is 0 Å². The Bertz CT molecular complexity index is 1450. The van der Waals surface area contributed by atoms with Crippen LogP contribution in [0.15, 0.2) is 60.8 Å². The number of aryl methyl sites for hydroxylation is 1. The van der Waals surface area contributed by atoms with Gasteiger partial charge in [0, 0.05) is 36.6 Å². The van der Waals surface area contributed by atoms with Crippen molar-refractivity contribution in [2.75, 3.05) is 13.1 Å². The predicted molar refractivity (Wildman–Crippen MR) is 142 cm³/mol. The summed E-state index contributed by atoms with van der Waals surface area (Å²) in [5.41, 5.74) is 3.18. The van der Waals surface area contributed by atoms with Crippen LogP contribution in [0, 0.1) is 6.92 Å². The first-order chi connectivity index (χ1) is 17.6. The molecule has 1 N–H and O–H groups in total. The monoisotopic (exact) mass is 496 g/mol. The van der Waals surface area contributed by atoms with Crippen LogP contribution in [-0.4, -0.2) is 45.8 Å². The maximum Gasteiger partial charge on any atom is 0.274 e. The van der Waals surface area contributed by atoms with E-state index in [4.69, 9.17) is 4.98 Å². The molecule has 1 aliphatic heterocycles. The minimum Gasteiger partial charge on any atom is -0.346 e. The smallest absolute Gasteiger partial charge is 0.274 e. The third-order valence-corrected chi connectivity index (χ3v) is 8.25. The van der Waals surface area contributed by atoms with Crippen LogP contribution in [-0.2, 0) is 0 Å². The van der Waals surface area contributed by atoms with Gasteiger partial charge in [-0.15, -0.1) is 11.3 Å². The highest BCUT2D eigenvalue weighted by Crippen LogP contribution is 2.45. The number of amides is 2. The van der Waals surface area contributed by atoms with E-state index in [1.165, 1.54) is 0 Å². The van der Waals surface area contributed by atoms with E-state index in [1.807, 2.05) is 41.3 Å². The SMILES string of the molecule is Cc1cccc(-c2sc(C3CC3)nc2C(=O)N2CCC[C@@H](NC(=O)c3nccc4ccccc34)C2)c1. The van der Waals surface area contributed by atoms with Gasteiger partial charge >= 0.3 is 0 Å². The number of thiazole rings is 1. The molecule has 0 unspecified atom stereocenters. The van der Waals surface area contributed by atoms with E-state index in [1.54, 1.807) is 17.5 Å². The Balaban J connectivity index is 1.23. The molecule has 0 spiro atoms. The molecule has 2 aromatic heterocycles. The van der Waals surface area contributed by atoms with Crippen LogP contribution < -0.4 is 5.32 Å². The molecule has 6 rings (SSSR count). The van der Waals surface area contributed by atoms with Crippen LogP contribution in [0.2, 0.25) is 0 Å². The average Bonchev–Trinajstić information content (AvgIpc) is 3.66. The van der Waals surface area contributed by atoms with Crippen molar-refractivity contribution in [2.24, 2.45) is 0 Å². The molecule has 1 saturated carbocycles. The van der Waals surface area contributed by atoms with Gasteiger partial charge in [-0.05, 0) is 49.6 Å². The molecule has 0 bridgehead atoms. The minimum absolute atomic E-state index is 0.0445. The number of fused-ring (bicyclic) bond motifs is 1. The fourth-order valence-electron chi connectivity index (χ4n) is 4.95. The van der Waals surface area contributed by atoms with Crippen LogP contribution in [0.4, 0.5) is 0 Å². The van der Waals surface area contributed by atoms with E-state index < -0.39 is 0 Å². The summed E-state index contributed by atoms with van der Waals surface area (Å²) in [6.45, 7) is 3.21. The van der Waals surface area contributed by atoms with Gasteiger partial charge in [0.25, 0.3) is 11.8 Å². The molecule has 1 aliphatic carbocycles. The van der Waals surface area contributed by atoms with Crippen molar-refractivity contribution in [1.29, 1.82) is 0 Å². The van der Waals surface area contributed by atoms with E-state index in [-0.39, 0.29) is 17.9 Å². The summed E-state index contributed by atoms with van der Waals surface area (Å²) >= 11 is 1.66. The minimum atomic E-state index is -0.198. The summed E-state index contributed by atoms with van der Waals surface area (Å²) in [6, 6.07) is 17.8. The van der Waals surface area contributed by atoms with Gasteiger partial charge in [0.1, 0.15) is 11.4 Å². The third-order valence-electron chi connectivity index (χ3n) is 6.99. The van der Waals surface area contributed by atoms with Crippen LogP contribution in [0.1, 0.15) is 63.1 Å². The van der Waals surface area contributed by atoms with E-state index in [9.17, 15) is 9.59 Å². The van der Waals surface area contributed by atoms with Gasteiger partial charge in [-0.2, -0.15) is 0 Å². The first kappa shape index (κ1) is 22.9. The molecular formula is C29H28N4O2S. The Kier molecular flexibility index (Phi) is 6.01. The zero-order valence-corrected chi connectivity index (χ0v) is 21.1. The van der Waals surface area contributed by atoms with E-state index in [0.29, 0.717) is 30.4 Å². The lowest BCUT2D eigenvalue weighted by atomic mass is 10.0. The molecule has 0 radical (unpaired) electrons. The van der Waals surface area contributed by atoms with Crippen LogP contribution in [0.3, 0.4) is 0 Å². The molecule has 2 fully saturated rings. The average molecular weight is 497 g/mol. The number of carbonyl (C=O) groups excluding carboxylic acids is 2. The summed E-state index contributed by atoms with van der Waals surface area (Å²) in [5.74, 6) is 0.245. The Labute approximate surface area is 214 Å². The number of hydrogen-bond donors (Lipinski definition) is 1. The molecule has 182 valence electrons. The largest absolute Gasteiger partial charge is 0.346 e. The number of benzene rings is 2. The van der Waals surface area contributed by atoms with Gasteiger partial charge in [-0.25, -0.2) is 4.98 Å². The zero-order valence-electron chi connectivity index (χ0n) is 20.2. The summed E-state index contributed by atoms with van der Waals surface area (Å²) in [4.78, 5) is 38.9. The van der Waals surface area contributed by atoms with Crippen molar-refractivity contribution in [1.82, 2.24) is 20.2 Å². The fourth-order valence-corrected chi connectivity index (χ4v) is 6.17. The first-order valence-electron chi connectivity index (χ1n) is 12.6. The molecule has 2 aromatic carbocycles. The number of aromatic nitrogens is 2. The summed E-state index contributed by atoms with van der Waals surface area (Å²) in [6.07, 6.45) is 5.62. The zero-order chi connectivity index (χ0) is 24.6. The number of nitrogens with one attached hydrogen (secondary N) is 1. The summed E-state index contributed by atoms with van der Waals surface area (Å²) in [5, 5.41) is 6.02. The highest BCUT2D eigenvalue weighted by Gasteiger charge is 2.33. The molecule has 2 amide bonds. The standard InChI is InChI=1S/C29H28N4O2S/c1-18-6-4-8-21(16-18)26-25(32-28(36-26)20-11-12-20)29(35)33-15-5-9-22(17-33)31-27(34)24-23-10-3-2-7-19(23)13-14-30-24/h2-4,6-8,10,13-14,16,20,22H,5,9,11-12,15,17H2,1H3,(H,31,34)/t22-/m1/s1. The van der Waals surface area contributed by atoms with E-state index >= 15 is 0 Å². The van der Waals surface area contributed by atoms with Gasteiger partial charge in [0.2, 0.25) is 0 Å². The van der Waals surface area contributed by atoms with Gasteiger partial charge in [-0.1, -0.05) is 54.1 Å². The van der Waals surface area contributed by atoms with Crippen molar-refractivity contribution < 1.29 is 9.59 Å². The van der Waals surface area contributed by atoms with Gasteiger partial charge in [0.05, 0.1) is 9.88 Å². The molecule has 4 aromatic rings. The molecule has 1 atom stereocenters. The number of nitrogens with zero attached hydrogens (tertiary/aromatic N) is 3. The number of pyridine rings is 1. The van der Waals surface area contributed by atoms with Crippen LogP contribution >= 0.6 is 11.3 Å². The molecule has 3 heterocycles. The van der Waals surface area contributed by atoms with Crippen LogP contribution in [0.5, 0.6) is 0 Å². The Hall–Kier alpha value is -3.58. The predicted octanol–water partition coefficient (Wildman–Crippen LogP) is 5.58. The fraction of sp³-hybridized carbons (Fsp3) is 0.310. The lowest BCUT2D eigenvalue weighted by molar-refractivity contribution is 0.0671. The van der Waals surface area contributed by atoms with Crippen molar-refractivity contribution in [3.8, 4) is 10.4 Å². The maximum atomic E-state index is 13.8. The lowest BCUT2D eigenvalue weighted by Gasteiger charge is -2.33. The maximum absolute atomic E-state index is 13.8. The van der Waals surface area contributed by atoms with Gasteiger partial charge in [-0.3, -0.25) is 14.6 Å². The Morgan fingerprint density at radius 1 is 1.03 bits per heavy atom. The number of piperidine rings is 1. The topological polar surface area (TPSA) is 75.2 Å². The number of carbonyl (C=O) groups is 2. The number of likely N-dealkylation sites (tertiary alicyclic amines) is 1. The second-order valence-corrected chi connectivity index (χ2v) is 10.8. The Morgan fingerprint density at radius 3 is 2.72 bits per heavy atom. The van der Waals surface area contributed by atoms with Crippen molar-refractivity contribution >= 4 is 33.9 Å². The Morgan fingerprint density at radius 2 is 1.89 bits per heavy atom. The molecule has 6 nitrogen and oxygen atoms in total. The molecule has 2 aliphatic rings. The molecular weight excluding hydrogens is 468 g/mol. The van der Waals surface area contributed by atoms with E-state index in [2.05, 4.69) is 35.4 Å².